The molecule has 2 aromatic rings. The third-order valence-corrected chi connectivity index (χ3v) is 5.65. The van der Waals surface area contributed by atoms with Gasteiger partial charge in [-0.15, -0.1) is 11.6 Å². The molecule has 3 nitrogen and oxygen atoms in total. The Hall–Kier alpha value is -1.13. The lowest BCUT2D eigenvalue weighted by molar-refractivity contribution is 0.577. The van der Waals surface area contributed by atoms with Gasteiger partial charge in [0.2, 0.25) is 0 Å². The number of pyridine rings is 1. The smallest absolute Gasteiger partial charge is 0.198 e. The van der Waals surface area contributed by atoms with Crippen molar-refractivity contribution in [3.63, 3.8) is 0 Å². The van der Waals surface area contributed by atoms with E-state index in [0.717, 1.165) is 5.39 Å². The molecule has 0 N–H and O–H groups in total. The fourth-order valence-electron chi connectivity index (χ4n) is 1.99. The Kier molecular flexibility index (Phi) is 4.11. The molecule has 102 valence electrons. The Morgan fingerprint density at radius 1 is 1.32 bits per heavy atom. The van der Waals surface area contributed by atoms with Crippen molar-refractivity contribution in [3.8, 4) is 0 Å². The molecule has 0 aliphatic rings. The monoisotopic (exact) mass is 297 g/mol. The van der Waals surface area contributed by atoms with Crippen molar-refractivity contribution in [1.82, 2.24) is 4.98 Å². The molecule has 1 heterocycles. The zero-order valence-electron chi connectivity index (χ0n) is 10.9. The number of para-hydroxylation sites is 1. The van der Waals surface area contributed by atoms with Gasteiger partial charge in [0.15, 0.2) is 14.9 Å². The van der Waals surface area contributed by atoms with Crippen molar-refractivity contribution in [2.24, 2.45) is 0 Å². The van der Waals surface area contributed by atoms with Crippen LogP contribution in [0.15, 0.2) is 35.4 Å². The normalized spacial score (nSPS) is 13.6. The molecule has 0 bridgehead atoms. The van der Waals surface area contributed by atoms with E-state index >= 15 is 0 Å². The van der Waals surface area contributed by atoms with Gasteiger partial charge in [-0.2, -0.15) is 0 Å². The van der Waals surface area contributed by atoms with Crippen molar-refractivity contribution < 1.29 is 8.42 Å². The summed E-state index contributed by atoms with van der Waals surface area (Å²) in [7, 11) is -3.42. The number of aryl methyl sites for hydroxylation is 1. The maximum atomic E-state index is 12.5. The van der Waals surface area contributed by atoms with E-state index in [1.165, 1.54) is 0 Å². The number of hydrogen-bond donors (Lipinski definition) is 0. The predicted octanol–water partition coefficient (Wildman–Crippen LogP) is 3.33. The third-order valence-electron chi connectivity index (χ3n) is 3.18. The van der Waals surface area contributed by atoms with Gasteiger partial charge in [0, 0.05) is 11.3 Å². The summed E-state index contributed by atoms with van der Waals surface area (Å²) in [4.78, 5) is 4.32. The van der Waals surface area contributed by atoms with Crippen LogP contribution in [-0.2, 0) is 9.84 Å². The van der Waals surface area contributed by atoms with Crippen LogP contribution in [0.3, 0.4) is 0 Å². The number of benzene rings is 1. The Balaban J connectivity index is 2.59. The van der Waals surface area contributed by atoms with Crippen molar-refractivity contribution in [3.05, 3.63) is 35.9 Å². The average Bonchev–Trinajstić information content (AvgIpc) is 2.38. The molecule has 0 fully saturated rings. The minimum atomic E-state index is -3.42. The molecule has 5 heteroatoms. The number of fused-ring (bicyclic) bond motifs is 1. The lowest BCUT2D eigenvalue weighted by Gasteiger charge is -2.13. The minimum absolute atomic E-state index is 0.170. The third kappa shape index (κ3) is 2.74. The fourth-order valence-corrected chi connectivity index (χ4v) is 3.99. The maximum Gasteiger partial charge on any atom is 0.198 e. The van der Waals surface area contributed by atoms with Crippen LogP contribution in [0.5, 0.6) is 0 Å². The Labute approximate surface area is 118 Å². The highest BCUT2D eigenvalue weighted by Gasteiger charge is 2.26. The molecule has 1 aromatic carbocycles. The highest BCUT2D eigenvalue weighted by Crippen LogP contribution is 2.24. The van der Waals surface area contributed by atoms with E-state index in [-0.39, 0.29) is 5.03 Å². The lowest BCUT2D eigenvalue weighted by atomic mass is 10.2. The van der Waals surface area contributed by atoms with E-state index in [4.69, 9.17) is 11.6 Å². The summed E-state index contributed by atoms with van der Waals surface area (Å²) in [5.41, 5.74) is 1.38. The average molecular weight is 298 g/mol. The summed E-state index contributed by atoms with van der Waals surface area (Å²) < 4.78 is 24.9. The number of alkyl halides is 1. The second-order valence-corrected chi connectivity index (χ2v) is 7.30. The van der Waals surface area contributed by atoms with Crippen LogP contribution in [-0.4, -0.2) is 24.5 Å². The number of rotatable bonds is 4. The molecule has 1 atom stereocenters. The highest BCUT2D eigenvalue weighted by molar-refractivity contribution is 7.92. The van der Waals surface area contributed by atoms with Gasteiger partial charge in [0.05, 0.1) is 10.8 Å². The SMILES string of the molecule is Cc1cc2ccccc2nc1S(=O)(=O)C(C)CCCl. The Bertz CT molecular complexity index is 698. The zero-order valence-corrected chi connectivity index (χ0v) is 12.5. The van der Waals surface area contributed by atoms with E-state index < -0.39 is 15.1 Å². The first-order chi connectivity index (χ1) is 8.96. The topological polar surface area (TPSA) is 47.0 Å². The molecule has 1 unspecified atom stereocenters. The minimum Gasteiger partial charge on any atom is -0.236 e. The summed E-state index contributed by atoms with van der Waals surface area (Å²) in [5, 5.41) is 0.602. The molecular formula is C14H16ClNO2S. The first-order valence-electron chi connectivity index (χ1n) is 6.13. The molecule has 1 aromatic heterocycles. The molecule has 0 aliphatic heterocycles. The van der Waals surface area contributed by atoms with Gasteiger partial charge >= 0.3 is 0 Å². The molecule has 0 saturated carbocycles. The second-order valence-electron chi connectivity index (χ2n) is 4.64. The van der Waals surface area contributed by atoms with Gasteiger partial charge in [-0.05, 0) is 38.0 Å². The first kappa shape index (κ1) is 14.3. The summed E-state index contributed by atoms with van der Waals surface area (Å²) in [6.45, 7) is 3.45. The van der Waals surface area contributed by atoms with Gasteiger partial charge in [0.1, 0.15) is 0 Å². The number of sulfone groups is 1. The summed E-state index contributed by atoms with van der Waals surface area (Å²) in [6, 6.07) is 9.37. The van der Waals surface area contributed by atoms with Crippen molar-refractivity contribution >= 4 is 32.3 Å². The van der Waals surface area contributed by atoms with Crippen LogP contribution in [0.1, 0.15) is 18.9 Å². The largest absolute Gasteiger partial charge is 0.236 e. The van der Waals surface area contributed by atoms with E-state index in [1.807, 2.05) is 30.3 Å². The van der Waals surface area contributed by atoms with Crippen molar-refractivity contribution in [1.29, 1.82) is 0 Å². The predicted molar refractivity (Wildman–Crippen MR) is 78.5 cm³/mol. The van der Waals surface area contributed by atoms with E-state index in [9.17, 15) is 8.42 Å². The quantitative estimate of drug-likeness (QED) is 0.813. The van der Waals surface area contributed by atoms with Gasteiger partial charge in [-0.1, -0.05) is 18.2 Å². The molecular weight excluding hydrogens is 282 g/mol. The van der Waals surface area contributed by atoms with Crippen molar-refractivity contribution in [2.75, 3.05) is 5.88 Å². The lowest BCUT2D eigenvalue weighted by Crippen LogP contribution is -2.20. The van der Waals surface area contributed by atoms with Crippen LogP contribution in [0.25, 0.3) is 10.9 Å². The molecule has 0 saturated heterocycles. The molecule has 0 aliphatic carbocycles. The molecule has 0 radical (unpaired) electrons. The van der Waals surface area contributed by atoms with Gasteiger partial charge < -0.3 is 0 Å². The number of nitrogens with zero attached hydrogens (tertiary/aromatic N) is 1. The molecule has 0 amide bonds. The maximum absolute atomic E-state index is 12.5. The molecule has 2 rings (SSSR count). The van der Waals surface area contributed by atoms with Gasteiger partial charge in [-0.25, -0.2) is 13.4 Å². The fraction of sp³-hybridized carbons (Fsp3) is 0.357. The first-order valence-corrected chi connectivity index (χ1v) is 8.21. The standard InChI is InChI=1S/C14H16ClNO2S/c1-10-9-12-5-3-4-6-13(12)16-14(10)19(17,18)11(2)7-8-15/h3-6,9,11H,7-8H2,1-2H3. The van der Waals surface area contributed by atoms with Crippen LogP contribution >= 0.6 is 11.6 Å². The Morgan fingerprint density at radius 3 is 2.68 bits per heavy atom. The number of halogens is 1. The van der Waals surface area contributed by atoms with E-state index in [0.29, 0.717) is 23.4 Å². The van der Waals surface area contributed by atoms with E-state index in [2.05, 4.69) is 4.98 Å². The molecule has 0 spiro atoms. The number of hydrogen-bond acceptors (Lipinski definition) is 3. The summed E-state index contributed by atoms with van der Waals surface area (Å²) in [5.74, 6) is 0.326. The van der Waals surface area contributed by atoms with Crippen LogP contribution in [0, 0.1) is 6.92 Å². The zero-order chi connectivity index (χ0) is 14.0. The van der Waals surface area contributed by atoms with Crippen LogP contribution in [0.2, 0.25) is 0 Å². The van der Waals surface area contributed by atoms with E-state index in [1.54, 1.807) is 13.8 Å². The van der Waals surface area contributed by atoms with Crippen molar-refractivity contribution in [2.45, 2.75) is 30.5 Å². The summed E-state index contributed by atoms with van der Waals surface area (Å²) in [6.07, 6.45) is 0.428. The second kappa shape index (κ2) is 5.47. The summed E-state index contributed by atoms with van der Waals surface area (Å²) >= 11 is 5.64. The number of aromatic nitrogens is 1. The van der Waals surface area contributed by atoms with Gasteiger partial charge in [0.25, 0.3) is 0 Å². The van der Waals surface area contributed by atoms with Crippen LogP contribution in [0.4, 0.5) is 0 Å². The van der Waals surface area contributed by atoms with Gasteiger partial charge in [-0.3, -0.25) is 0 Å². The highest BCUT2D eigenvalue weighted by atomic mass is 35.5. The molecule has 19 heavy (non-hydrogen) atoms. The van der Waals surface area contributed by atoms with Crippen LogP contribution < -0.4 is 0 Å². The Morgan fingerprint density at radius 2 is 2.00 bits per heavy atom.